The second-order valence-corrected chi connectivity index (χ2v) is 12.4. The van der Waals surface area contributed by atoms with Crippen LogP contribution in [0.1, 0.15) is 133 Å². The maximum atomic E-state index is 10.5. The third-order valence-electron chi connectivity index (χ3n) is 8.89. The lowest BCUT2D eigenvalue weighted by molar-refractivity contribution is -0.167. The van der Waals surface area contributed by atoms with Gasteiger partial charge in [0.15, 0.2) is 0 Å². The Balaban J connectivity index is 1.75. The molecule has 0 aromatic rings. The highest BCUT2D eigenvalue weighted by Crippen LogP contribution is 2.51. The van der Waals surface area contributed by atoms with Crippen LogP contribution in [0.15, 0.2) is 22.5 Å². The molecule has 2 heteroatoms. The number of fused-ring (bicyclic) bond motifs is 1. The van der Waals surface area contributed by atoms with E-state index in [1.807, 2.05) is 0 Å². The van der Waals surface area contributed by atoms with E-state index in [9.17, 15) is 5.11 Å². The molecule has 5 atom stereocenters. The summed E-state index contributed by atoms with van der Waals surface area (Å²) < 4.78 is 6.91. The molecule has 32 heavy (non-hydrogen) atoms. The molecule has 0 aromatic heterocycles. The van der Waals surface area contributed by atoms with Gasteiger partial charge in [-0.25, -0.2) is 0 Å². The van der Waals surface area contributed by atoms with Gasteiger partial charge in [0, 0.05) is 5.92 Å². The highest BCUT2D eigenvalue weighted by molar-refractivity contribution is 5.44. The summed E-state index contributed by atoms with van der Waals surface area (Å²) in [6.45, 7) is 20.5. The van der Waals surface area contributed by atoms with Crippen LogP contribution < -0.4 is 0 Å². The number of hydrogen-bond donors (Lipinski definition) is 1. The summed E-state index contributed by atoms with van der Waals surface area (Å²) >= 11 is 0. The van der Waals surface area contributed by atoms with Gasteiger partial charge < -0.3 is 9.84 Å². The number of aliphatic hydroxyl groups is 1. The molecule has 186 valence electrons. The molecule has 5 unspecified atom stereocenters. The number of aliphatic hydroxyl groups excluding tert-OH is 1. The molecule has 0 radical (unpaired) electrons. The molecule has 0 amide bonds. The molecule has 0 saturated carbocycles. The quantitative estimate of drug-likeness (QED) is 0.323. The molecule has 0 bridgehead atoms. The van der Waals surface area contributed by atoms with Crippen molar-refractivity contribution in [1.82, 2.24) is 0 Å². The number of hydrogen-bond acceptors (Lipinski definition) is 2. The van der Waals surface area contributed by atoms with Crippen LogP contribution in [-0.2, 0) is 4.74 Å². The molecule has 0 spiro atoms. The second-order valence-electron chi connectivity index (χ2n) is 12.4. The van der Waals surface area contributed by atoms with Gasteiger partial charge in [-0.2, -0.15) is 0 Å². The predicted octanol–water partition coefficient (Wildman–Crippen LogP) is 9.55. The van der Waals surface area contributed by atoms with Gasteiger partial charge in [0.2, 0.25) is 0 Å². The van der Waals surface area contributed by atoms with Crippen LogP contribution in [0.25, 0.3) is 0 Å². The highest BCUT2D eigenvalue weighted by Gasteiger charge is 2.49. The van der Waals surface area contributed by atoms with Crippen molar-refractivity contribution in [3.63, 3.8) is 0 Å². The summed E-state index contributed by atoms with van der Waals surface area (Å²) in [5.74, 6) is 3.27. The summed E-state index contributed by atoms with van der Waals surface area (Å²) in [5, 5.41) is 10.5. The average Bonchev–Trinajstić information content (AvgIpc) is 2.70. The van der Waals surface area contributed by atoms with Gasteiger partial charge in [-0.1, -0.05) is 86.0 Å². The highest BCUT2D eigenvalue weighted by atomic mass is 16.5. The Bertz CT molecular complexity index is 672. The molecule has 1 heterocycles. The summed E-state index contributed by atoms with van der Waals surface area (Å²) in [4.78, 5) is 0. The number of allylic oxidation sites excluding steroid dienone is 1. The SMILES string of the molecule is CC1=C2CCC(C)(CCCC(C)CCCC(C)CCCC(C)C)OC2(C)C(C)C(C)=C1O. The first kappa shape index (κ1) is 27.5. The van der Waals surface area contributed by atoms with E-state index in [1.54, 1.807) is 0 Å². The van der Waals surface area contributed by atoms with Crippen molar-refractivity contribution in [2.75, 3.05) is 0 Å². The van der Waals surface area contributed by atoms with E-state index >= 15 is 0 Å². The standard InChI is InChI=1S/C30H54O2/c1-21(2)13-10-14-22(3)15-11-16-23(4)17-12-19-29(8)20-18-27-25(6)28(31)24(5)26(7)30(27,9)32-29/h21-23,26,31H,10-20H2,1-9H3. The maximum absolute atomic E-state index is 10.5. The van der Waals surface area contributed by atoms with Crippen LogP contribution in [0.5, 0.6) is 0 Å². The van der Waals surface area contributed by atoms with Crippen molar-refractivity contribution in [1.29, 1.82) is 0 Å². The zero-order chi connectivity index (χ0) is 24.1. The van der Waals surface area contributed by atoms with E-state index in [0.717, 1.165) is 48.2 Å². The van der Waals surface area contributed by atoms with Gasteiger partial charge >= 0.3 is 0 Å². The Morgan fingerprint density at radius 2 is 1.44 bits per heavy atom. The number of ether oxygens (including phenoxy) is 1. The fraction of sp³-hybridized carbons (Fsp3) is 0.867. The largest absolute Gasteiger partial charge is 0.508 e. The van der Waals surface area contributed by atoms with Crippen molar-refractivity contribution < 1.29 is 9.84 Å². The van der Waals surface area contributed by atoms with Gasteiger partial charge in [0.05, 0.1) is 11.2 Å². The monoisotopic (exact) mass is 446 g/mol. The van der Waals surface area contributed by atoms with Crippen LogP contribution in [-0.4, -0.2) is 16.3 Å². The van der Waals surface area contributed by atoms with E-state index in [4.69, 9.17) is 4.74 Å². The summed E-state index contributed by atoms with van der Waals surface area (Å²) in [6.07, 6.45) is 14.2. The van der Waals surface area contributed by atoms with Crippen molar-refractivity contribution in [2.45, 2.75) is 144 Å². The molecular formula is C30H54O2. The lowest BCUT2D eigenvalue weighted by Crippen LogP contribution is -2.52. The third kappa shape index (κ3) is 6.87. The molecule has 0 aromatic carbocycles. The Labute approximate surface area is 200 Å². The van der Waals surface area contributed by atoms with Gasteiger partial charge in [-0.05, 0) is 81.4 Å². The molecule has 1 saturated heterocycles. The lowest BCUT2D eigenvalue weighted by Gasteiger charge is -2.52. The van der Waals surface area contributed by atoms with E-state index in [0.29, 0.717) is 5.76 Å². The first-order valence-electron chi connectivity index (χ1n) is 13.7. The van der Waals surface area contributed by atoms with E-state index in [1.165, 1.54) is 56.9 Å². The first-order chi connectivity index (χ1) is 14.9. The lowest BCUT2D eigenvalue weighted by atomic mass is 9.68. The third-order valence-corrected chi connectivity index (χ3v) is 8.89. The fourth-order valence-electron chi connectivity index (χ4n) is 6.21. The molecule has 1 fully saturated rings. The van der Waals surface area contributed by atoms with Gasteiger partial charge in [-0.3, -0.25) is 0 Å². The summed E-state index contributed by atoms with van der Waals surface area (Å²) in [6, 6.07) is 0. The van der Waals surface area contributed by atoms with Gasteiger partial charge in [0.25, 0.3) is 0 Å². The second kappa shape index (κ2) is 11.6. The molecule has 2 aliphatic rings. The Morgan fingerprint density at radius 3 is 2.00 bits per heavy atom. The molecule has 2 nitrogen and oxygen atoms in total. The Kier molecular flexibility index (Phi) is 9.95. The zero-order valence-electron chi connectivity index (χ0n) is 22.9. The molecule has 1 N–H and O–H groups in total. The van der Waals surface area contributed by atoms with E-state index < -0.39 is 0 Å². The van der Waals surface area contributed by atoms with Gasteiger partial charge in [-0.15, -0.1) is 0 Å². The van der Waals surface area contributed by atoms with Gasteiger partial charge in [0.1, 0.15) is 5.76 Å². The summed E-state index contributed by atoms with van der Waals surface area (Å²) in [7, 11) is 0. The normalized spacial score (nSPS) is 30.6. The van der Waals surface area contributed by atoms with Crippen molar-refractivity contribution >= 4 is 0 Å². The van der Waals surface area contributed by atoms with Crippen LogP contribution in [0.2, 0.25) is 0 Å². The molecular weight excluding hydrogens is 392 g/mol. The Morgan fingerprint density at radius 1 is 0.906 bits per heavy atom. The zero-order valence-corrected chi connectivity index (χ0v) is 22.9. The van der Waals surface area contributed by atoms with Crippen molar-refractivity contribution in [3.8, 4) is 0 Å². The van der Waals surface area contributed by atoms with Crippen LogP contribution in [0.4, 0.5) is 0 Å². The van der Waals surface area contributed by atoms with Crippen LogP contribution in [0, 0.1) is 23.7 Å². The Hall–Kier alpha value is -0.760. The minimum atomic E-state index is -0.273. The smallest absolute Gasteiger partial charge is 0.117 e. The first-order valence-corrected chi connectivity index (χ1v) is 13.7. The predicted molar refractivity (Wildman–Crippen MR) is 139 cm³/mol. The maximum Gasteiger partial charge on any atom is 0.117 e. The molecule has 1 aliphatic carbocycles. The van der Waals surface area contributed by atoms with E-state index in [-0.39, 0.29) is 17.1 Å². The number of rotatable bonds is 12. The van der Waals surface area contributed by atoms with E-state index in [2.05, 4.69) is 62.3 Å². The molecule has 2 rings (SSSR count). The minimum absolute atomic E-state index is 0.0509. The topological polar surface area (TPSA) is 29.5 Å². The molecule has 1 aliphatic heterocycles. The van der Waals surface area contributed by atoms with Crippen molar-refractivity contribution in [2.24, 2.45) is 23.7 Å². The minimum Gasteiger partial charge on any atom is -0.508 e. The fourth-order valence-corrected chi connectivity index (χ4v) is 6.21. The van der Waals surface area contributed by atoms with Crippen molar-refractivity contribution in [3.05, 3.63) is 22.5 Å². The summed E-state index contributed by atoms with van der Waals surface area (Å²) in [5.41, 5.74) is 3.12. The average molecular weight is 447 g/mol. The van der Waals surface area contributed by atoms with Crippen LogP contribution >= 0.6 is 0 Å². The van der Waals surface area contributed by atoms with Crippen LogP contribution in [0.3, 0.4) is 0 Å².